The lowest BCUT2D eigenvalue weighted by molar-refractivity contribution is 0.846. The van der Waals surface area contributed by atoms with Gasteiger partial charge in [-0.1, -0.05) is 36.4 Å². The Labute approximate surface area is 114 Å². The highest BCUT2D eigenvalue weighted by Crippen LogP contribution is 2.22. The topological polar surface area (TPSA) is 78.6 Å². The molecule has 2 N–H and O–H groups in total. The Kier molecular flexibility index (Phi) is 2.95. The van der Waals surface area contributed by atoms with Gasteiger partial charge in [0.25, 0.3) is 0 Å². The fourth-order valence-electron chi connectivity index (χ4n) is 2.37. The van der Waals surface area contributed by atoms with Crippen LogP contribution in [-0.2, 0) is 6.42 Å². The van der Waals surface area contributed by atoms with E-state index in [-0.39, 0.29) is 0 Å². The molecule has 0 aliphatic rings. The number of aromatic amines is 2. The molecule has 100 valence electrons. The molecule has 3 rings (SSSR count). The van der Waals surface area contributed by atoms with Crippen molar-refractivity contribution in [3.63, 3.8) is 0 Å². The maximum absolute atomic E-state index is 11.2. The molecule has 0 atom stereocenters. The summed E-state index contributed by atoms with van der Waals surface area (Å²) in [5.74, 6) is 0.372. The van der Waals surface area contributed by atoms with Gasteiger partial charge in [-0.2, -0.15) is 4.98 Å². The minimum atomic E-state index is -0.623. The predicted molar refractivity (Wildman–Crippen MR) is 77.0 cm³/mol. The van der Waals surface area contributed by atoms with Crippen LogP contribution in [-0.4, -0.2) is 15.0 Å². The third-order valence-corrected chi connectivity index (χ3v) is 3.38. The number of fused-ring (bicyclic) bond motifs is 1. The van der Waals surface area contributed by atoms with Crippen molar-refractivity contribution < 1.29 is 0 Å². The Morgan fingerprint density at radius 2 is 1.85 bits per heavy atom. The number of hydrogen-bond donors (Lipinski definition) is 2. The van der Waals surface area contributed by atoms with Crippen molar-refractivity contribution in [3.8, 4) is 0 Å². The molecule has 1 heterocycles. The zero-order valence-corrected chi connectivity index (χ0v) is 10.9. The number of aryl methyl sites for hydroxylation is 1. The average Bonchev–Trinajstić information content (AvgIpc) is 2.41. The van der Waals surface area contributed by atoms with Gasteiger partial charge in [-0.15, -0.1) is 0 Å². The summed E-state index contributed by atoms with van der Waals surface area (Å²) in [6.07, 6.45) is 0.426. The van der Waals surface area contributed by atoms with Gasteiger partial charge < -0.3 is 0 Å². The number of benzene rings is 2. The van der Waals surface area contributed by atoms with Crippen LogP contribution in [0.25, 0.3) is 10.8 Å². The van der Waals surface area contributed by atoms with Gasteiger partial charge in [-0.25, -0.2) is 9.59 Å². The van der Waals surface area contributed by atoms with Crippen LogP contribution in [0.5, 0.6) is 0 Å². The van der Waals surface area contributed by atoms with E-state index in [1.165, 1.54) is 5.39 Å². The first-order valence-electron chi connectivity index (χ1n) is 6.30. The van der Waals surface area contributed by atoms with E-state index < -0.39 is 11.4 Å². The Hall–Kier alpha value is -2.69. The molecule has 0 bridgehead atoms. The molecule has 0 spiro atoms. The first-order chi connectivity index (χ1) is 9.63. The largest absolute Gasteiger partial charge is 0.350 e. The highest BCUT2D eigenvalue weighted by atomic mass is 16.2. The van der Waals surface area contributed by atoms with Gasteiger partial charge in [-0.05, 0) is 28.8 Å². The minimum Gasteiger partial charge on any atom is -0.295 e. The van der Waals surface area contributed by atoms with E-state index in [4.69, 9.17) is 0 Å². The number of aromatic nitrogens is 3. The molecular formula is C15H13N3O2. The number of nitrogens with one attached hydrogen (secondary N) is 2. The fourth-order valence-corrected chi connectivity index (χ4v) is 2.37. The highest BCUT2D eigenvalue weighted by molar-refractivity contribution is 5.86. The molecule has 1 aromatic heterocycles. The van der Waals surface area contributed by atoms with Crippen LogP contribution >= 0.6 is 0 Å². The van der Waals surface area contributed by atoms with Gasteiger partial charge in [0.1, 0.15) is 5.82 Å². The summed E-state index contributed by atoms with van der Waals surface area (Å²) in [6.45, 7) is 2.03. The van der Waals surface area contributed by atoms with E-state index in [0.717, 1.165) is 16.5 Å². The molecular weight excluding hydrogens is 254 g/mol. The summed E-state index contributed by atoms with van der Waals surface area (Å²) >= 11 is 0. The summed E-state index contributed by atoms with van der Waals surface area (Å²) in [5, 5.41) is 2.33. The zero-order valence-electron chi connectivity index (χ0n) is 10.9. The van der Waals surface area contributed by atoms with Crippen LogP contribution in [0.1, 0.15) is 17.0 Å². The number of rotatable bonds is 2. The summed E-state index contributed by atoms with van der Waals surface area (Å²) in [7, 11) is 0. The Bertz CT molecular complexity index is 865. The van der Waals surface area contributed by atoms with E-state index in [2.05, 4.69) is 27.1 Å². The summed E-state index contributed by atoms with van der Waals surface area (Å²) in [6, 6.07) is 12.1. The lowest BCUT2D eigenvalue weighted by Crippen LogP contribution is -2.27. The van der Waals surface area contributed by atoms with E-state index in [1.807, 2.05) is 31.2 Å². The molecule has 20 heavy (non-hydrogen) atoms. The molecule has 0 saturated carbocycles. The van der Waals surface area contributed by atoms with Crippen LogP contribution in [0.15, 0.2) is 46.0 Å². The molecule has 0 unspecified atom stereocenters. The fraction of sp³-hybridized carbons (Fsp3) is 0.133. The number of H-pyrrole nitrogens is 2. The number of hydrogen-bond acceptors (Lipinski definition) is 3. The van der Waals surface area contributed by atoms with Crippen molar-refractivity contribution in [2.24, 2.45) is 0 Å². The summed E-state index contributed by atoms with van der Waals surface area (Å²) in [5.41, 5.74) is 1.02. The maximum atomic E-state index is 11.2. The van der Waals surface area contributed by atoms with Crippen molar-refractivity contribution in [1.82, 2.24) is 15.0 Å². The van der Waals surface area contributed by atoms with E-state index in [0.29, 0.717) is 12.2 Å². The Morgan fingerprint density at radius 1 is 1.05 bits per heavy atom. The molecule has 0 fully saturated rings. The average molecular weight is 267 g/mol. The molecule has 0 aliphatic heterocycles. The lowest BCUT2D eigenvalue weighted by atomic mass is 9.98. The molecule has 0 saturated heterocycles. The Morgan fingerprint density at radius 3 is 2.65 bits per heavy atom. The molecule has 5 heteroatoms. The smallest absolute Gasteiger partial charge is 0.295 e. The summed E-state index contributed by atoms with van der Waals surface area (Å²) < 4.78 is 0. The molecule has 5 nitrogen and oxygen atoms in total. The van der Waals surface area contributed by atoms with Crippen molar-refractivity contribution in [1.29, 1.82) is 0 Å². The Balaban J connectivity index is 2.09. The third-order valence-electron chi connectivity index (χ3n) is 3.38. The highest BCUT2D eigenvalue weighted by Gasteiger charge is 2.06. The summed E-state index contributed by atoms with van der Waals surface area (Å²) in [4.78, 5) is 30.9. The maximum Gasteiger partial charge on any atom is 0.350 e. The second-order valence-electron chi connectivity index (χ2n) is 4.69. The van der Waals surface area contributed by atoms with E-state index in [9.17, 15) is 9.59 Å². The second-order valence-corrected chi connectivity index (χ2v) is 4.69. The van der Waals surface area contributed by atoms with Gasteiger partial charge >= 0.3 is 11.4 Å². The van der Waals surface area contributed by atoms with Crippen molar-refractivity contribution in [2.75, 3.05) is 0 Å². The lowest BCUT2D eigenvalue weighted by Gasteiger charge is -2.08. The molecule has 0 radical (unpaired) electrons. The van der Waals surface area contributed by atoms with Gasteiger partial charge in [0.05, 0.1) is 0 Å². The quantitative estimate of drug-likeness (QED) is 0.738. The van der Waals surface area contributed by atoms with Crippen LogP contribution in [0.3, 0.4) is 0 Å². The predicted octanol–water partition coefficient (Wildman–Crippen LogP) is 1.51. The molecule has 2 aromatic carbocycles. The standard InChI is InChI=1S/C15H13N3O2/c1-9-11(7-6-10-4-2-3-5-12(9)10)8-13-16-14(19)18-15(20)17-13/h2-7H,8H2,1H3,(H2,16,17,18,19,20). The monoisotopic (exact) mass is 267 g/mol. The number of nitrogens with zero attached hydrogens (tertiary/aromatic N) is 1. The van der Waals surface area contributed by atoms with E-state index in [1.54, 1.807) is 0 Å². The zero-order chi connectivity index (χ0) is 14.1. The first-order valence-corrected chi connectivity index (χ1v) is 6.30. The van der Waals surface area contributed by atoms with E-state index >= 15 is 0 Å². The van der Waals surface area contributed by atoms with Gasteiger partial charge in [0.2, 0.25) is 0 Å². The van der Waals surface area contributed by atoms with Crippen molar-refractivity contribution in [2.45, 2.75) is 13.3 Å². The van der Waals surface area contributed by atoms with Gasteiger partial charge in [0, 0.05) is 6.42 Å². The second kappa shape index (κ2) is 4.77. The SMILES string of the molecule is Cc1c(Cc2nc(=O)[nH]c(=O)[nH]2)ccc2ccccc12. The normalized spacial score (nSPS) is 10.8. The van der Waals surface area contributed by atoms with Crippen LogP contribution in [0.4, 0.5) is 0 Å². The van der Waals surface area contributed by atoms with Gasteiger partial charge in [0.15, 0.2) is 0 Å². The minimum absolute atomic E-state index is 0.372. The van der Waals surface area contributed by atoms with Crippen LogP contribution in [0, 0.1) is 6.92 Å². The van der Waals surface area contributed by atoms with Crippen molar-refractivity contribution in [3.05, 3.63) is 74.3 Å². The van der Waals surface area contributed by atoms with Gasteiger partial charge in [-0.3, -0.25) is 9.97 Å². The van der Waals surface area contributed by atoms with Crippen molar-refractivity contribution >= 4 is 10.8 Å². The molecule has 0 amide bonds. The van der Waals surface area contributed by atoms with Crippen LogP contribution in [0.2, 0.25) is 0 Å². The first kappa shape index (κ1) is 12.3. The van der Waals surface area contributed by atoms with Crippen LogP contribution < -0.4 is 11.4 Å². The molecule has 3 aromatic rings. The molecule has 0 aliphatic carbocycles. The third kappa shape index (κ3) is 2.25.